The largest absolute Gasteiger partial charge is 0.497 e. The van der Waals surface area contributed by atoms with Crippen LogP contribution in [0.2, 0.25) is 5.02 Å². The van der Waals surface area contributed by atoms with Gasteiger partial charge in [0.1, 0.15) is 10.8 Å². The van der Waals surface area contributed by atoms with E-state index in [1.807, 2.05) is 24.3 Å². The molecule has 0 atom stereocenters. The average molecular weight is 291 g/mol. The zero-order valence-electron chi connectivity index (χ0n) is 10.8. The summed E-state index contributed by atoms with van der Waals surface area (Å²) in [6.45, 7) is 1.67. The summed E-state index contributed by atoms with van der Waals surface area (Å²) in [6.07, 6.45) is 0. The number of halogens is 1. The van der Waals surface area contributed by atoms with E-state index in [1.165, 1.54) is 4.52 Å². The standard InChI is InChI=1S/C13H11ClN4O2/c1-7-10(14)12(19)18-13(15-7)16-11(17-18)8-3-5-9(20-2)6-4-8/h3-6H,1-2H3,(H,15,16,17). The molecule has 3 rings (SSSR count). The minimum absolute atomic E-state index is 0.0902. The summed E-state index contributed by atoms with van der Waals surface area (Å²) < 4.78 is 6.33. The number of nitrogens with zero attached hydrogens (tertiary/aromatic N) is 3. The number of hydrogen-bond acceptors (Lipinski definition) is 4. The number of rotatable bonds is 2. The van der Waals surface area contributed by atoms with Crippen molar-refractivity contribution in [1.29, 1.82) is 0 Å². The molecule has 2 aromatic heterocycles. The van der Waals surface area contributed by atoms with E-state index in [9.17, 15) is 4.79 Å². The second kappa shape index (κ2) is 4.64. The molecule has 0 saturated carbocycles. The molecule has 0 aliphatic carbocycles. The van der Waals surface area contributed by atoms with Crippen molar-refractivity contribution in [3.63, 3.8) is 0 Å². The molecule has 0 spiro atoms. The van der Waals surface area contributed by atoms with E-state index in [0.29, 0.717) is 17.3 Å². The molecule has 0 amide bonds. The van der Waals surface area contributed by atoms with Gasteiger partial charge in [-0.2, -0.15) is 9.50 Å². The molecule has 102 valence electrons. The van der Waals surface area contributed by atoms with Crippen LogP contribution in [0, 0.1) is 6.92 Å². The van der Waals surface area contributed by atoms with Gasteiger partial charge in [0.25, 0.3) is 11.3 Å². The minimum atomic E-state index is -0.360. The van der Waals surface area contributed by atoms with Crippen LogP contribution in [0.15, 0.2) is 29.1 Å². The van der Waals surface area contributed by atoms with Gasteiger partial charge in [0.05, 0.1) is 12.8 Å². The number of ether oxygens (including phenoxy) is 1. The molecule has 20 heavy (non-hydrogen) atoms. The first-order valence-electron chi connectivity index (χ1n) is 5.89. The van der Waals surface area contributed by atoms with E-state index >= 15 is 0 Å². The second-order valence-corrected chi connectivity index (χ2v) is 4.63. The fraction of sp³-hybridized carbons (Fsp3) is 0.154. The maximum Gasteiger partial charge on any atom is 0.293 e. The van der Waals surface area contributed by atoms with Gasteiger partial charge in [0, 0.05) is 5.56 Å². The number of H-pyrrole nitrogens is 1. The molecular weight excluding hydrogens is 280 g/mol. The van der Waals surface area contributed by atoms with Crippen LogP contribution < -0.4 is 10.3 Å². The highest BCUT2D eigenvalue weighted by Crippen LogP contribution is 2.19. The van der Waals surface area contributed by atoms with Crippen LogP contribution >= 0.6 is 11.6 Å². The Morgan fingerprint density at radius 3 is 2.60 bits per heavy atom. The lowest BCUT2D eigenvalue weighted by Gasteiger charge is -1.99. The first-order valence-corrected chi connectivity index (χ1v) is 6.27. The molecule has 0 saturated heterocycles. The molecule has 0 aliphatic heterocycles. The van der Waals surface area contributed by atoms with Crippen molar-refractivity contribution in [3.05, 3.63) is 45.3 Å². The SMILES string of the molecule is COc1ccc(-c2nc3nc(C)c(Cl)c(=O)n3[nH]2)cc1. The minimum Gasteiger partial charge on any atom is -0.497 e. The lowest BCUT2D eigenvalue weighted by Crippen LogP contribution is -2.17. The van der Waals surface area contributed by atoms with Crippen molar-refractivity contribution in [2.75, 3.05) is 7.11 Å². The van der Waals surface area contributed by atoms with Crippen LogP contribution in [-0.4, -0.2) is 26.7 Å². The van der Waals surface area contributed by atoms with Crippen LogP contribution in [-0.2, 0) is 0 Å². The fourth-order valence-electron chi connectivity index (χ4n) is 1.88. The number of nitrogens with one attached hydrogen (secondary N) is 1. The zero-order chi connectivity index (χ0) is 14.3. The summed E-state index contributed by atoms with van der Waals surface area (Å²) in [4.78, 5) is 20.5. The summed E-state index contributed by atoms with van der Waals surface area (Å²) >= 11 is 5.89. The fourth-order valence-corrected chi connectivity index (χ4v) is 2.00. The second-order valence-electron chi connectivity index (χ2n) is 4.25. The molecule has 0 radical (unpaired) electrons. The molecule has 0 unspecified atom stereocenters. The molecule has 0 bridgehead atoms. The quantitative estimate of drug-likeness (QED) is 0.784. The molecule has 1 N–H and O–H groups in total. The average Bonchev–Trinajstić information content (AvgIpc) is 2.89. The van der Waals surface area contributed by atoms with E-state index in [2.05, 4.69) is 15.1 Å². The van der Waals surface area contributed by atoms with Crippen LogP contribution in [0.3, 0.4) is 0 Å². The summed E-state index contributed by atoms with van der Waals surface area (Å²) in [5, 5.41) is 2.98. The van der Waals surface area contributed by atoms with Gasteiger partial charge >= 0.3 is 0 Å². The number of methoxy groups -OCH3 is 1. The highest BCUT2D eigenvalue weighted by atomic mass is 35.5. The van der Waals surface area contributed by atoms with Crippen molar-refractivity contribution in [3.8, 4) is 17.1 Å². The Morgan fingerprint density at radius 1 is 1.25 bits per heavy atom. The highest BCUT2D eigenvalue weighted by Gasteiger charge is 2.12. The maximum absolute atomic E-state index is 12.0. The van der Waals surface area contributed by atoms with Crippen LogP contribution in [0.25, 0.3) is 17.2 Å². The third kappa shape index (κ3) is 1.94. The Hall–Kier alpha value is -2.34. The Balaban J connectivity index is 2.17. The number of hydrogen-bond donors (Lipinski definition) is 1. The lowest BCUT2D eigenvalue weighted by molar-refractivity contribution is 0.415. The Bertz CT molecular complexity index is 836. The number of aromatic nitrogens is 4. The molecular formula is C13H11ClN4O2. The van der Waals surface area contributed by atoms with E-state index in [1.54, 1.807) is 14.0 Å². The lowest BCUT2D eigenvalue weighted by atomic mass is 10.2. The number of benzene rings is 1. The number of fused-ring (bicyclic) bond motifs is 1. The number of aromatic amines is 1. The predicted molar refractivity (Wildman–Crippen MR) is 75.3 cm³/mol. The highest BCUT2D eigenvalue weighted by molar-refractivity contribution is 6.31. The first kappa shape index (κ1) is 12.7. The molecule has 1 aromatic carbocycles. The van der Waals surface area contributed by atoms with Gasteiger partial charge in [-0.05, 0) is 31.2 Å². The van der Waals surface area contributed by atoms with E-state index < -0.39 is 0 Å². The molecule has 0 fully saturated rings. The van der Waals surface area contributed by atoms with E-state index in [0.717, 1.165) is 11.3 Å². The maximum atomic E-state index is 12.0. The summed E-state index contributed by atoms with van der Waals surface area (Å²) in [5.74, 6) is 1.58. The van der Waals surface area contributed by atoms with Gasteiger partial charge in [-0.3, -0.25) is 9.89 Å². The van der Waals surface area contributed by atoms with Crippen LogP contribution in [0.5, 0.6) is 5.75 Å². The van der Waals surface area contributed by atoms with Gasteiger partial charge in [-0.1, -0.05) is 11.6 Å². The van der Waals surface area contributed by atoms with Gasteiger partial charge < -0.3 is 4.74 Å². The first-order chi connectivity index (χ1) is 9.60. The van der Waals surface area contributed by atoms with Crippen molar-refractivity contribution < 1.29 is 4.74 Å². The molecule has 2 heterocycles. The van der Waals surface area contributed by atoms with Gasteiger partial charge in [-0.25, -0.2) is 4.98 Å². The van der Waals surface area contributed by atoms with Gasteiger partial charge in [0.15, 0.2) is 5.82 Å². The van der Waals surface area contributed by atoms with Gasteiger partial charge in [0.2, 0.25) is 0 Å². The van der Waals surface area contributed by atoms with Crippen molar-refractivity contribution in [1.82, 2.24) is 19.6 Å². The van der Waals surface area contributed by atoms with E-state index in [4.69, 9.17) is 16.3 Å². The van der Waals surface area contributed by atoms with Crippen molar-refractivity contribution in [2.45, 2.75) is 6.92 Å². The van der Waals surface area contributed by atoms with Crippen LogP contribution in [0.4, 0.5) is 0 Å². The monoisotopic (exact) mass is 290 g/mol. The molecule has 0 aliphatic rings. The van der Waals surface area contributed by atoms with Crippen molar-refractivity contribution in [2.24, 2.45) is 0 Å². The third-order valence-electron chi connectivity index (χ3n) is 2.97. The predicted octanol–water partition coefficient (Wildman–Crippen LogP) is 2.06. The normalized spacial score (nSPS) is 10.9. The van der Waals surface area contributed by atoms with Crippen LogP contribution in [0.1, 0.15) is 5.69 Å². The summed E-state index contributed by atoms with van der Waals surface area (Å²) in [5.41, 5.74) is 0.926. The van der Waals surface area contributed by atoms with Gasteiger partial charge in [-0.15, -0.1) is 0 Å². The Labute approximate surface area is 119 Å². The van der Waals surface area contributed by atoms with E-state index in [-0.39, 0.29) is 10.6 Å². The number of aryl methyl sites for hydroxylation is 1. The summed E-state index contributed by atoms with van der Waals surface area (Å²) in [6, 6.07) is 7.32. The summed E-state index contributed by atoms with van der Waals surface area (Å²) in [7, 11) is 1.60. The zero-order valence-corrected chi connectivity index (χ0v) is 11.6. The molecule has 3 aromatic rings. The Kier molecular flexibility index (Phi) is 2.94. The third-order valence-corrected chi connectivity index (χ3v) is 3.40. The Morgan fingerprint density at radius 2 is 1.95 bits per heavy atom. The topological polar surface area (TPSA) is 72.3 Å². The molecule has 7 heteroatoms. The van der Waals surface area contributed by atoms with Crippen molar-refractivity contribution >= 4 is 17.4 Å². The smallest absolute Gasteiger partial charge is 0.293 e. The molecule has 6 nitrogen and oxygen atoms in total.